The molecule has 3 atom stereocenters. The van der Waals surface area contributed by atoms with Crippen molar-refractivity contribution in [1.29, 1.82) is 0 Å². The van der Waals surface area contributed by atoms with Crippen molar-refractivity contribution in [3.63, 3.8) is 0 Å². The highest BCUT2D eigenvalue weighted by molar-refractivity contribution is 5.51. The largest absolute Gasteiger partial charge is 0.419 e. The summed E-state index contributed by atoms with van der Waals surface area (Å²) >= 11 is 0. The molecule has 1 fully saturated rings. The fourth-order valence-corrected chi connectivity index (χ4v) is 3.21. The number of rotatable bonds is 4. The Kier molecular flexibility index (Phi) is 4.44. The number of nitrogens with one attached hydrogen (secondary N) is 1. The zero-order valence-corrected chi connectivity index (χ0v) is 13.0. The van der Waals surface area contributed by atoms with Crippen molar-refractivity contribution < 1.29 is 18.3 Å². The van der Waals surface area contributed by atoms with E-state index >= 15 is 0 Å². The van der Waals surface area contributed by atoms with E-state index in [-0.39, 0.29) is 24.1 Å². The molecule has 0 unspecified atom stereocenters. The number of nitrogens with zero attached hydrogens (tertiary/aromatic N) is 4. The fraction of sp³-hybridized carbons (Fsp3) is 0.533. The zero-order valence-electron chi connectivity index (χ0n) is 13.0. The quantitative estimate of drug-likeness (QED) is 0.892. The summed E-state index contributed by atoms with van der Waals surface area (Å²) < 4.78 is 40.7. The van der Waals surface area contributed by atoms with Crippen molar-refractivity contribution >= 4 is 5.69 Å². The second-order valence-electron chi connectivity index (χ2n) is 6.10. The molecule has 0 saturated heterocycles. The van der Waals surface area contributed by atoms with Crippen LogP contribution < -0.4 is 5.32 Å². The molecule has 6 nitrogen and oxygen atoms in total. The second-order valence-corrected chi connectivity index (χ2v) is 6.10. The highest BCUT2D eigenvalue weighted by Gasteiger charge is 2.37. The lowest BCUT2D eigenvalue weighted by molar-refractivity contribution is -0.137. The van der Waals surface area contributed by atoms with Gasteiger partial charge in [0.1, 0.15) is 12.2 Å². The third kappa shape index (κ3) is 3.35. The molecule has 0 amide bonds. The van der Waals surface area contributed by atoms with Crippen LogP contribution >= 0.6 is 0 Å². The van der Waals surface area contributed by atoms with E-state index in [4.69, 9.17) is 0 Å². The van der Waals surface area contributed by atoms with Crippen molar-refractivity contribution in [3.8, 4) is 0 Å². The van der Waals surface area contributed by atoms with Gasteiger partial charge in [0.15, 0.2) is 0 Å². The number of aromatic nitrogens is 4. The summed E-state index contributed by atoms with van der Waals surface area (Å²) in [4.78, 5) is 3.53. The Bertz CT molecular complexity index is 702. The lowest BCUT2D eigenvalue weighted by Gasteiger charge is -2.18. The number of aryl methyl sites for hydroxylation is 1. The molecule has 1 aliphatic rings. The summed E-state index contributed by atoms with van der Waals surface area (Å²) in [5, 5.41) is 20.9. The van der Waals surface area contributed by atoms with Crippen molar-refractivity contribution in [2.45, 2.75) is 31.0 Å². The lowest BCUT2D eigenvalue weighted by Crippen LogP contribution is -2.23. The molecular formula is C15H18F3N5O. The first-order chi connectivity index (χ1) is 11.4. The van der Waals surface area contributed by atoms with Crippen molar-refractivity contribution in [2.24, 2.45) is 13.0 Å². The van der Waals surface area contributed by atoms with E-state index in [0.717, 1.165) is 12.0 Å². The van der Waals surface area contributed by atoms with Crippen molar-refractivity contribution in [2.75, 3.05) is 11.9 Å². The van der Waals surface area contributed by atoms with Crippen molar-refractivity contribution in [1.82, 2.24) is 19.7 Å². The van der Waals surface area contributed by atoms with Gasteiger partial charge in [-0.15, -0.1) is 10.2 Å². The first kappa shape index (κ1) is 16.7. The SMILES string of the molecule is Cn1cnnc1[C@H]1C[C@H](CNc2ccncc2C(F)(F)F)[C@H](O)C1. The van der Waals surface area contributed by atoms with Crippen LogP contribution in [0.25, 0.3) is 0 Å². The molecular weight excluding hydrogens is 323 g/mol. The molecule has 24 heavy (non-hydrogen) atoms. The van der Waals surface area contributed by atoms with Gasteiger partial charge in [-0.05, 0) is 18.9 Å². The fourth-order valence-electron chi connectivity index (χ4n) is 3.21. The van der Waals surface area contributed by atoms with Gasteiger partial charge in [0.25, 0.3) is 0 Å². The molecule has 0 aliphatic heterocycles. The number of alkyl halides is 3. The van der Waals surface area contributed by atoms with Gasteiger partial charge in [0.2, 0.25) is 0 Å². The first-order valence-corrected chi connectivity index (χ1v) is 7.63. The van der Waals surface area contributed by atoms with Gasteiger partial charge < -0.3 is 15.0 Å². The number of hydrogen-bond donors (Lipinski definition) is 2. The van der Waals surface area contributed by atoms with E-state index in [1.54, 1.807) is 10.9 Å². The third-order valence-electron chi connectivity index (χ3n) is 4.45. The summed E-state index contributed by atoms with van der Waals surface area (Å²) in [6.45, 7) is 0.253. The smallest absolute Gasteiger partial charge is 0.393 e. The topological polar surface area (TPSA) is 75.9 Å². The van der Waals surface area contributed by atoms with Crippen LogP contribution in [0, 0.1) is 5.92 Å². The molecule has 2 N–H and O–H groups in total. The minimum absolute atomic E-state index is 0.0215. The molecule has 0 bridgehead atoms. The van der Waals surface area contributed by atoms with Gasteiger partial charge in [-0.2, -0.15) is 13.2 Å². The monoisotopic (exact) mass is 341 g/mol. The molecule has 3 rings (SSSR count). The molecule has 1 aliphatic carbocycles. The molecule has 0 aromatic carbocycles. The Morgan fingerprint density at radius 3 is 2.83 bits per heavy atom. The van der Waals surface area contributed by atoms with Crippen LogP contribution in [0.2, 0.25) is 0 Å². The molecule has 1 saturated carbocycles. The normalized spacial score (nSPS) is 24.3. The zero-order chi connectivity index (χ0) is 17.3. The Morgan fingerprint density at radius 2 is 2.17 bits per heavy atom. The summed E-state index contributed by atoms with van der Waals surface area (Å²) in [6.07, 6.45) is -0.170. The third-order valence-corrected chi connectivity index (χ3v) is 4.45. The summed E-state index contributed by atoms with van der Waals surface area (Å²) in [6, 6.07) is 1.30. The number of aliphatic hydroxyl groups is 1. The average molecular weight is 341 g/mol. The number of aliphatic hydroxyl groups excluding tert-OH is 1. The lowest BCUT2D eigenvalue weighted by atomic mass is 10.0. The van der Waals surface area contributed by atoms with Crippen LogP contribution in [0.15, 0.2) is 24.8 Å². The van der Waals surface area contributed by atoms with E-state index in [0.29, 0.717) is 12.8 Å². The van der Waals surface area contributed by atoms with E-state index < -0.39 is 17.8 Å². The molecule has 9 heteroatoms. The van der Waals surface area contributed by atoms with E-state index in [1.165, 1.54) is 12.3 Å². The van der Waals surface area contributed by atoms with Crippen LogP contribution in [-0.2, 0) is 13.2 Å². The predicted octanol–water partition coefficient (Wildman–Crippen LogP) is 2.20. The molecule has 2 aromatic rings. The minimum atomic E-state index is -4.47. The molecule has 130 valence electrons. The van der Waals surface area contributed by atoms with E-state index in [9.17, 15) is 18.3 Å². The van der Waals surface area contributed by atoms with Crippen LogP contribution in [0.1, 0.15) is 30.1 Å². The first-order valence-electron chi connectivity index (χ1n) is 7.63. The molecule has 0 radical (unpaired) electrons. The number of halogens is 3. The highest BCUT2D eigenvalue weighted by atomic mass is 19.4. The van der Waals surface area contributed by atoms with Gasteiger partial charge >= 0.3 is 6.18 Å². The van der Waals surface area contributed by atoms with Crippen LogP contribution in [0.4, 0.5) is 18.9 Å². The summed E-state index contributed by atoms with van der Waals surface area (Å²) in [5.74, 6) is 0.691. The minimum Gasteiger partial charge on any atom is -0.393 e. The molecule has 0 spiro atoms. The maximum absolute atomic E-state index is 13.0. The van der Waals surface area contributed by atoms with Crippen molar-refractivity contribution in [3.05, 3.63) is 36.2 Å². The van der Waals surface area contributed by atoms with Crippen LogP contribution in [-0.4, -0.2) is 37.5 Å². The molecule has 2 heterocycles. The van der Waals surface area contributed by atoms with Crippen LogP contribution in [0.3, 0.4) is 0 Å². The Labute approximate surface area is 136 Å². The Hall–Kier alpha value is -2.16. The Balaban J connectivity index is 1.67. The number of anilines is 1. The standard InChI is InChI=1S/C15H18F3N5O/c1-23-8-21-22-14(23)9-4-10(13(24)5-9)6-20-12-2-3-19-7-11(12)15(16,17)18/h2-3,7-10,13,24H,4-6H2,1H3,(H,19,20)/t9-,10+,13+/m0/s1. The van der Waals surface area contributed by atoms with Crippen LogP contribution in [0.5, 0.6) is 0 Å². The summed E-state index contributed by atoms with van der Waals surface area (Å²) in [7, 11) is 1.83. The van der Waals surface area contributed by atoms with Gasteiger partial charge in [-0.25, -0.2) is 0 Å². The highest BCUT2D eigenvalue weighted by Crippen LogP contribution is 2.38. The van der Waals surface area contributed by atoms with E-state index in [1.807, 2.05) is 7.05 Å². The predicted molar refractivity (Wildman–Crippen MR) is 80.2 cm³/mol. The van der Waals surface area contributed by atoms with E-state index in [2.05, 4.69) is 20.5 Å². The number of pyridine rings is 1. The molecule has 2 aromatic heterocycles. The maximum Gasteiger partial charge on any atom is 0.419 e. The number of hydrogen-bond acceptors (Lipinski definition) is 5. The van der Waals surface area contributed by atoms with Gasteiger partial charge in [-0.3, -0.25) is 4.98 Å². The maximum atomic E-state index is 13.0. The second kappa shape index (κ2) is 6.39. The van der Waals surface area contributed by atoms with Gasteiger partial charge in [0, 0.05) is 43.5 Å². The van der Waals surface area contributed by atoms with Gasteiger partial charge in [0.05, 0.1) is 11.7 Å². The average Bonchev–Trinajstić information content (AvgIpc) is 3.10. The van der Waals surface area contributed by atoms with Gasteiger partial charge in [-0.1, -0.05) is 0 Å². The Morgan fingerprint density at radius 1 is 1.38 bits per heavy atom. The summed E-state index contributed by atoms with van der Waals surface area (Å²) in [5.41, 5.74) is -0.825.